The minimum atomic E-state index is -3.31. The monoisotopic (exact) mass is 311 g/mol. The molecule has 5 nitrogen and oxygen atoms in total. The number of fused-ring (bicyclic) bond motifs is 1. The number of hydrogen-bond donors (Lipinski definition) is 1. The Labute approximate surface area is 125 Å². The number of carbonyl (C=O) groups is 1. The Bertz CT molecular complexity index is 637. The Morgan fingerprint density at radius 3 is 2.76 bits per heavy atom. The molecule has 0 radical (unpaired) electrons. The van der Waals surface area contributed by atoms with Gasteiger partial charge in [0.05, 0.1) is 18.4 Å². The molecule has 0 aliphatic heterocycles. The number of esters is 1. The molecule has 0 amide bonds. The van der Waals surface area contributed by atoms with Gasteiger partial charge in [0.15, 0.2) is 0 Å². The summed E-state index contributed by atoms with van der Waals surface area (Å²) in [6.07, 6.45) is 1.53. The average Bonchev–Trinajstić information content (AvgIpc) is 2.78. The highest BCUT2D eigenvalue weighted by Gasteiger charge is 2.27. The average molecular weight is 311 g/mol. The van der Waals surface area contributed by atoms with Gasteiger partial charge in [-0.25, -0.2) is 17.9 Å². The van der Waals surface area contributed by atoms with E-state index in [9.17, 15) is 13.2 Å². The van der Waals surface area contributed by atoms with Gasteiger partial charge in [0.1, 0.15) is 0 Å². The minimum Gasteiger partial charge on any atom is -0.465 e. The van der Waals surface area contributed by atoms with Gasteiger partial charge in [0, 0.05) is 6.04 Å². The third-order valence-corrected chi connectivity index (χ3v) is 5.27. The van der Waals surface area contributed by atoms with Crippen LogP contribution in [-0.2, 0) is 21.2 Å². The molecular weight excluding hydrogens is 290 g/mol. The van der Waals surface area contributed by atoms with Crippen molar-refractivity contribution in [1.82, 2.24) is 4.72 Å². The lowest BCUT2D eigenvalue weighted by Gasteiger charge is -2.16. The van der Waals surface area contributed by atoms with Gasteiger partial charge in [-0.1, -0.05) is 19.9 Å². The quantitative estimate of drug-likeness (QED) is 0.845. The van der Waals surface area contributed by atoms with E-state index in [1.807, 2.05) is 19.9 Å². The van der Waals surface area contributed by atoms with Gasteiger partial charge in [-0.05, 0) is 42.0 Å². The van der Waals surface area contributed by atoms with E-state index < -0.39 is 16.0 Å². The molecule has 0 saturated carbocycles. The first kappa shape index (κ1) is 16.0. The summed E-state index contributed by atoms with van der Waals surface area (Å²) in [6.45, 7) is 3.74. The van der Waals surface area contributed by atoms with Crippen LogP contribution in [0.1, 0.15) is 47.8 Å². The Balaban J connectivity index is 2.23. The Hall–Kier alpha value is -1.40. The number of rotatable bonds is 5. The van der Waals surface area contributed by atoms with Crippen molar-refractivity contribution in [3.63, 3.8) is 0 Å². The van der Waals surface area contributed by atoms with Gasteiger partial charge in [0.2, 0.25) is 10.0 Å². The summed E-state index contributed by atoms with van der Waals surface area (Å²) >= 11 is 0. The van der Waals surface area contributed by atoms with Crippen LogP contribution in [0.2, 0.25) is 0 Å². The molecule has 0 bridgehead atoms. The number of carbonyl (C=O) groups excluding carboxylic acids is 1. The first-order valence-corrected chi connectivity index (χ1v) is 8.69. The molecule has 6 heteroatoms. The van der Waals surface area contributed by atoms with Gasteiger partial charge in [-0.15, -0.1) is 0 Å². The Kier molecular flexibility index (Phi) is 4.68. The van der Waals surface area contributed by atoms with E-state index in [2.05, 4.69) is 4.72 Å². The summed E-state index contributed by atoms with van der Waals surface area (Å²) in [5.74, 6) is -0.228. The number of ether oxygens (including phenoxy) is 1. The molecule has 2 rings (SSSR count). The van der Waals surface area contributed by atoms with Crippen molar-refractivity contribution >= 4 is 16.0 Å². The largest absolute Gasteiger partial charge is 0.465 e. The summed E-state index contributed by atoms with van der Waals surface area (Å²) in [7, 11) is -1.98. The molecule has 1 N–H and O–H groups in total. The summed E-state index contributed by atoms with van der Waals surface area (Å²) in [5.41, 5.74) is 2.41. The molecule has 0 spiro atoms. The molecular formula is C15H21NO4S. The van der Waals surface area contributed by atoms with Crippen molar-refractivity contribution in [2.24, 2.45) is 5.92 Å². The maximum atomic E-state index is 12.1. The molecule has 1 unspecified atom stereocenters. The molecule has 116 valence electrons. The molecule has 1 aliphatic carbocycles. The lowest BCUT2D eigenvalue weighted by molar-refractivity contribution is 0.0600. The number of nitrogens with one attached hydrogen (secondary N) is 1. The van der Waals surface area contributed by atoms with Crippen LogP contribution in [-0.4, -0.2) is 27.2 Å². The van der Waals surface area contributed by atoms with E-state index in [0.29, 0.717) is 5.56 Å². The fraction of sp³-hybridized carbons (Fsp3) is 0.533. The van der Waals surface area contributed by atoms with E-state index in [1.165, 1.54) is 7.11 Å². The van der Waals surface area contributed by atoms with Crippen LogP contribution in [0.25, 0.3) is 0 Å². The highest BCUT2D eigenvalue weighted by atomic mass is 32.2. The number of methoxy groups -OCH3 is 1. The third-order valence-electron chi connectivity index (χ3n) is 3.52. The molecule has 1 aliphatic rings. The smallest absolute Gasteiger partial charge is 0.337 e. The maximum absolute atomic E-state index is 12.1. The summed E-state index contributed by atoms with van der Waals surface area (Å²) in [5, 5.41) is 0. The van der Waals surface area contributed by atoms with Crippen LogP contribution in [0.4, 0.5) is 0 Å². The minimum absolute atomic E-state index is 0.0739. The molecule has 21 heavy (non-hydrogen) atoms. The number of sulfonamides is 1. The predicted molar refractivity (Wildman–Crippen MR) is 80.6 cm³/mol. The van der Waals surface area contributed by atoms with E-state index in [-0.39, 0.29) is 17.7 Å². The molecule has 1 aromatic rings. The number of aryl methyl sites for hydroxylation is 1. The van der Waals surface area contributed by atoms with Crippen molar-refractivity contribution in [2.45, 2.75) is 32.7 Å². The second-order valence-electron chi connectivity index (χ2n) is 5.79. The zero-order valence-corrected chi connectivity index (χ0v) is 13.4. The number of benzene rings is 1. The fourth-order valence-electron chi connectivity index (χ4n) is 2.67. The first-order valence-electron chi connectivity index (χ1n) is 7.03. The summed E-state index contributed by atoms with van der Waals surface area (Å²) in [6, 6.07) is 5.07. The molecule has 1 aromatic carbocycles. The van der Waals surface area contributed by atoms with Crippen molar-refractivity contribution in [3.05, 3.63) is 34.9 Å². The van der Waals surface area contributed by atoms with Crippen LogP contribution in [0, 0.1) is 5.92 Å². The van der Waals surface area contributed by atoms with Crippen molar-refractivity contribution < 1.29 is 17.9 Å². The highest BCUT2D eigenvalue weighted by molar-refractivity contribution is 7.89. The molecule has 0 fully saturated rings. The normalized spacial score (nSPS) is 17.8. The molecule has 1 atom stereocenters. The molecule has 0 heterocycles. The molecule has 0 aromatic heterocycles. The highest BCUT2D eigenvalue weighted by Crippen LogP contribution is 2.32. The zero-order chi connectivity index (χ0) is 15.6. The Morgan fingerprint density at radius 1 is 1.43 bits per heavy atom. The number of hydrogen-bond acceptors (Lipinski definition) is 4. The van der Waals surface area contributed by atoms with Crippen LogP contribution in [0.3, 0.4) is 0 Å². The van der Waals surface area contributed by atoms with E-state index in [4.69, 9.17) is 4.74 Å². The fourth-order valence-corrected chi connectivity index (χ4v) is 4.33. The summed E-state index contributed by atoms with van der Waals surface area (Å²) < 4.78 is 31.6. The van der Waals surface area contributed by atoms with E-state index in [1.54, 1.807) is 12.1 Å². The lowest BCUT2D eigenvalue weighted by Crippen LogP contribution is -2.31. The first-order chi connectivity index (χ1) is 9.82. The standard InChI is InChI=1S/C15H21NO4S/c1-10(2)9-21(18,19)16-14-7-6-11-4-5-12(8-13(11)14)15(17)20-3/h4-5,8,10,14,16H,6-7,9H2,1-3H3. The van der Waals surface area contributed by atoms with E-state index >= 15 is 0 Å². The zero-order valence-electron chi connectivity index (χ0n) is 12.5. The predicted octanol–water partition coefficient (Wildman–Crippen LogP) is 2.04. The van der Waals surface area contributed by atoms with Crippen molar-refractivity contribution in [3.8, 4) is 0 Å². The van der Waals surface area contributed by atoms with Gasteiger partial charge < -0.3 is 4.74 Å². The Morgan fingerprint density at radius 2 is 2.14 bits per heavy atom. The third kappa shape index (κ3) is 3.83. The van der Waals surface area contributed by atoms with Crippen LogP contribution < -0.4 is 4.72 Å². The van der Waals surface area contributed by atoms with Gasteiger partial charge in [0.25, 0.3) is 0 Å². The van der Waals surface area contributed by atoms with Crippen molar-refractivity contribution in [2.75, 3.05) is 12.9 Å². The van der Waals surface area contributed by atoms with Crippen LogP contribution in [0.5, 0.6) is 0 Å². The SMILES string of the molecule is COC(=O)c1ccc2c(c1)C(NS(=O)(=O)CC(C)C)CC2. The van der Waals surface area contributed by atoms with E-state index in [0.717, 1.165) is 24.0 Å². The van der Waals surface area contributed by atoms with Gasteiger partial charge in [-0.2, -0.15) is 0 Å². The summed E-state index contributed by atoms with van der Waals surface area (Å²) in [4.78, 5) is 11.6. The van der Waals surface area contributed by atoms with Crippen molar-refractivity contribution in [1.29, 1.82) is 0 Å². The van der Waals surface area contributed by atoms with Gasteiger partial charge in [-0.3, -0.25) is 0 Å². The van der Waals surface area contributed by atoms with Crippen LogP contribution in [0.15, 0.2) is 18.2 Å². The van der Waals surface area contributed by atoms with Gasteiger partial charge >= 0.3 is 5.97 Å². The second kappa shape index (κ2) is 6.15. The topological polar surface area (TPSA) is 72.5 Å². The second-order valence-corrected chi connectivity index (χ2v) is 7.59. The van der Waals surface area contributed by atoms with Crippen LogP contribution >= 0.6 is 0 Å². The lowest BCUT2D eigenvalue weighted by atomic mass is 10.0. The maximum Gasteiger partial charge on any atom is 0.337 e. The molecule has 0 saturated heterocycles.